The number of likely N-dealkylation sites (tertiary alicyclic amines) is 1. The Hall–Kier alpha value is -3.09. The molecule has 152 valence electrons. The number of benzene rings is 1. The molecule has 0 amide bonds. The average molecular weight is 392 g/mol. The Kier molecular flexibility index (Phi) is 5.93. The highest BCUT2D eigenvalue weighted by Crippen LogP contribution is 2.27. The van der Waals surface area contributed by atoms with Gasteiger partial charge < -0.3 is 14.8 Å². The summed E-state index contributed by atoms with van der Waals surface area (Å²) in [4.78, 5) is 11.1. The molecular weight excluding hydrogens is 362 g/mol. The van der Waals surface area contributed by atoms with Crippen LogP contribution in [0.15, 0.2) is 66.4 Å². The number of hydrogen-bond donors (Lipinski definition) is 1. The van der Waals surface area contributed by atoms with Crippen molar-refractivity contribution in [3.63, 3.8) is 0 Å². The predicted molar refractivity (Wildman–Crippen MR) is 115 cm³/mol. The lowest BCUT2D eigenvalue weighted by Crippen LogP contribution is -2.49. The minimum absolute atomic E-state index is 0.425. The van der Waals surface area contributed by atoms with E-state index in [1.807, 2.05) is 48.6 Å². The lowest BCUT2D eigenvalue weighted by molar-refractivity contribution is 0.189. The molecule has 2 atom stereocenters. The van der Waals surface area contributed by atoms with Crippen LogP contribution in [0.2, 0.25) is 0 Å². The molecule has 0 saturated carbocycles. The molecule has 1 aromatic carbocycles. The van der Waals surface area contributed by atoms with Crippen molar-refractivity contribution in [2.45, 2.75) is 25.8 Å². The minimum atomic E-state index is 0.425. The molecule has 1 aliphatic heterocycles. The second kappa shape index (κ2) is 8.94. The Morgan fingerprint density at radius 1 is 1.28 bits per heavy atom. The highest BCUT2D eigenvalue weighted by Gasteiger charge is 2.28. The summed E-state index contributed by atoms with van der Waals surface area (Å²) in [7, 11) is 1.86. The third kappa shape index (κ3) is 4.50. The van der Waals surface area contributed by atoms with Gasteiger partial charge in [0.25, 0.3) is 0 Å². The van der Waals surface area contributed by atoms with Gasteiger partial charge in [-0.3, -0.25) is 4.99 Å². The zero-order valence-electron chi connectivity index (χ0n) is 17.1. The summed E-state index contributed by atoms with van der Waals surface area (Å²) >= 11 is 0. The Morgan fingerprint density at radius 3 is 2.90 bits per heavy atom. The molecule has 1 fully saturated rings. The molecule has 0 spiro atoms. The summed E-state index contributed by atoms with van der Waals surface area (Å²) in [6, 6.07) is 10.6. The van der Waals surface area contributed by atoms with Gasteiger partial charge in [0.15, 0.2) is 5.96 Å². The first-order chi connectivity index (χ1) is 14.2. The van der Waals surface area contributed by atoms with Crippen molar-refractivity contribution < 1.29 is 0 Å². The van der Waals surface area contributed by atoms with E-state index < -0.39 is 0 Å². The molecule has 0 bridgehead atoms. The van der Waals surface area contributed by atoms with Crippen molar-refractivity contribution in [1.82, 2.24) is 29.5 Å². The van der Waals surface area contributed by atoms with Crippen LogP contribution < -0.4 is 5.32 Å². The minimum Gasteiger partial charge on any atom is -0.356 e. The Bertz CT molecular complexity index is 914. The molecule has 2 unspecified atom stereocenters. The van der Waals surface area contributed by atoms with E-state index in [9.17, 15) is 0 Å². The van der Waals surface area contributed by atoms with Gasteiger partial charge in [-0.15, -0.1) is 0 Å². The van der Waals surface area contributed by atoms with Gasteiger partial charge in [0.2, 0.25) is 0 Å². The number of rotatable bonds is 5. The number of nitrogens with zero attached hydrogens (tertiary/aromatic N) is 6. The fourth-order valence-electron chi connectivity index (χ4n) is 3.96. The van der Waals surface area contributed by atoms with Gasteiger partial charge in [0.1, 0.15) is 0 Å². The van der Waals surface area contributed by atoms with E-state index in [1.54, 1.807) is 0 Å². The first-order valence-corrected chi connectivity index (χ1v) is 10.3. The predicted octanol–water partition coefficient (Wildman–Crippen LogP) is 2.77. The molecule has 3 heterocycles. The van der Waals surface area contributed by atoms with Gasteiger partial charge in [-0.2, -0.15) is 5.10 Å². The number of guanidine groups is 1. The summed E-state index contributed by atoms with van der Waals surface area (Å²) in [6.07, 6.45) is 11.9. The molecule has 1 aliphatic rings. The lowest BCUT2D eigenvalue weighted by atomic mass is 9.93. The Labute approximate surface area is 172 Å². The third-order valence-electron chi connectivity index (χ3n) is 5.69. The van der Waals surface area contributed by atoms with E-state index in [0.717, 1.165) is 44.1 Å². The number of imidazole rings is 1. The van der Waals surface area contributed by atoms with E-state index >= 15 is 0 Å². The average Bonchev–Trinajstić information content (AvgIpc) is 3.45. The highest BCUT2D eigenvalue weighted by atomic mass is 15.3. The second-order valence-electron chi connectivity index (χ2n) is 7.64. The smallest absolute Gasteiger partial charge is 0.193 e. The molecule has 0 aliphatic carbocycles. The number of piperidine rings is 1. The number of aliphatic imine (C=N–C) groups is 1. The quantitative estimate of drug-likeness (QED) is 0.537. The van der Waals surface area contributed by atoms with Crippen molar-refractivity contribution in [3.8, 4) is 5.69 Å². The van der Waals surface area contributed by atoms with E-state index in [2.05, 4.69) is 61.3 Å². The monoisotopic (exact) mass is 391 g/mol. The zero-order valence-corrected chi connectivity index (χ0v) is 17.1. The molecule has 3 aromatic rings. The van der Waals surface area contributed by atoms with Gasteiger partial charge in [-0.1, -0.05) is 25.1 Å². The van der Waals surface area contributed by atoms with Crippen LogP contribution in [-0.2, 0) is 6.42 Å². The summed E-state index contributed by atoms with van der Waals surface area (Å²) < 4.78 is 4.15. The summed E-state index contributed by atoms with van der Waals surface area (Å²) in [5.74, 6) is 1.60. The van der Waals surface area contributed by atoms with Crippen LogP contribution in [0.4, 0.5) is 0 Å². The number of hydrogen-bond acceptors (Lipinski definition) is 3. The first-order valence-electron chi connectivity index (χ1n) is 10.3. The van der Waals surface area contributed by atoms with Gasteiger partial charge in [-0.25, -0.2) is 9.67 Å². The standard InChI is InChI=1S/C22H29N7/c1-18-9-12-27(16-21(18)28-13-11-24-17-28)22(23-2)25-10-8-19-14-26-29(15-19)20-6-4-3-5-7-20/h3-7,11,13-15,17-18,21H,8-10,12,16H2,1-2H3,(H,23,25). The van der Waals surface area contributed by atoms with Crippen molar-refractivity contribution >= 4 is 5.96 Å². The van der Waals surface area contributed by atoms with Crippen LogP contribution in [0.25, 0.3) is 5.69 Å². The van der Waals surface area contributed by atoms with Gasteiger partial charge >= 0.3 is 0 Å². The molecule has 1 N–H and O–H groups in total. The van der Waals surface area contributed by atoms with E-state index in [-0.39, 0.29) is 0 Å². The molecule has 7 nitrogen and oxygen atoms in total. The fraction of sp³-hybridized carbons (Fsp3) is 0.409. The van der Waals surface area contributed by atoms with Gasteiger partial charge in [0.05, 0.1) is 24.3 Å². The number of para-hydroxylation sites is 1. The Balaban J connectivity index is 1.32. The van der Waals surface area contributed by atoms with Crippen molar-refractivity contribution in [2.75, 3.05) is 26.7 Å². The summed E-state index contributed by atoms with van der Waals surface area (Å²) in [5.41, 5.74) is 2.29. The normalized spacial score (nSPS) is 20.1. The Morgan fingerprint density at radius 2 is 2.14 bits per heavy atom. The maximum absolute atomic E-state index is 4.52. The van der Waals surface area contributed by atoms with Crippen LogP contribution in [0.3, 0.4) is 0 Å². The van der Waals surface area contributed by atoms with Crippen LogP contribution in [0.1, 0.15) is 24.9 Å². The highest BCUT2D eigenvalue weighted by molar-refractivity contribution is 5.80. The van der Waals surface area contributed by atoms with E-state index in [1.165, 1.54) is 5.56 Å². The topological polar surface area (TPSA) is 63.3 Å². The lowest BCUT2D eigenvalue weighted by Gasteiger charge is -2.39. The molecule has 0 radical (unpaired) electrons. The molecule has 2 aromatic heterocycles. The van der Waals surface area contributed by atoms with Crippen LogP contribution >= 0.6 is 0 Å². The third-order valence-corrected chi connectivity index (χ3v) is 5.69. The first kappa shape index (κ1) is 19.2. The van der Waals surface area contributed by atoms with Crippen LogP contribution in [0.5, 0.6) is 0 Å². The van der Waals surface area contributed by atoms with Crippen LogP contribution in [0, 0.1) is 5.92 Å². The van der Waals surface area contributed by atoms with E-state index in [0.29, 0.717) is 12.0 Å². The molecule has 1 saturated heterocycles. The summed E-state index contributed by atoms with van der Waals surface area (Å²) in [5, 5.41) is 8.01. The van der Waals surface area contributed by atoms with E-state index in [4.69, 9.17) is 0 Å². The van der Waals surface area contributed by atoms with Crippen molar-refractivity contribution in [1.29, 1.82) is 0 Å². The molecular formula is C22H29N7. The number of aromatic nitrogens is 4. The van der Waals surface area contributed by atoms with Gasteiger partial charge in [0, 0.05) is 45.3 Å². The fourth-order valence-corrected chi connectivity index (χ4v) is 3.96. The maximum atomic E-state index is 4.52. The van der Waals surface area contributed by atoms with Gasteiger partial charge in [-0.05, 0) is 36.5 Å². The van der Waals surface area contributed by atoms with Crippen LogP contribution in [-0.4, -0.2) is 56.9 Å². The molecule has 29 heavy (non-hydrogen) atoms. The largest absolute Gasteiger partial charge is 0.356 e. The SMILES string of the molecule is CN=C(NCCc1cnn(-c2ccccc2)c1)N1CCC(C)C(n2ccnc2)C1. The maximum Gasteiger partial charge on any atom is 0.193 e. The molecule has 7 heteroatoms. The summed E-state index contributed by atoms with van der Waals surface area (Å²) in [6.45, 7) is 5.12. The van der Waals surface area contributed by atoms with Crippen molar-refractivity contribution in [2.24, 2.45) is 10.9 Å². The second-order valence-corrected chi connectivity index (χ2v) is 7.64. The number of nitrogens with one attached hydrogen (secondary N) is 1. The molecule has 4 rings (SSSR count). The zero-order chi connectivity index (χ0) is 20.1. The van der Waals surface area contributed by atoms with Crippen molar-refractivity contribution in [3.05, 3.63) is 67.0 Å².